The molecule has 3 rings (SSSR count). The van der Waals surface area contributed by atoms with Gasteiger partial charge in [0.2, 0.25) is 35.4 Å². The van der Waals surface area contributed by atoms with Crippen molar-refractivity contribution in [2.75, 3.05) is 204 Å². The molecule has 6 amide bonds. The number of hydroxylamine groups is 3. The van der Waals surface area contributed by atoms with Crippen molar-refractivity contribution in [3.05, 3.63) is 12.7 Å². The standard InChI is InChI=1S/C55H98N12O22S/c1-76-18-6-19-79-26-14-58-44(69)10-23-84-37-55(38-85-24-11-45(70)59-16-27-81-32-30-77-2,39-86-25-12-46(71)60-17-28-82-33-31-78-3)64-47(72)13-22-80-34-35-83-29-15-57-43(68)8-5-9-48(73)65-87-20-7-21-88-67-52(74)42(36-90-4)89-54(53(67)75)66-41-63-49-50(56)61-40-62-51(49)66/h40-42,52-54,74-75H,5-39H2,1-4H3,(H,57,68)(H,58,69)(H,59,70)(H,60,71)(H,64,72)(H,65,73)(H2,56,61,62)/t42-,52?,53?,54-/m1/s1. The Morgan fingerprint density at radius 2 is 1.02 bits per heavy atom. The number of nitrogens with one attached hydrogen (secondary N) is 6. The van der Waals surface area contributed by atoms with Gasteiger partial charge in [0, 0.05) is 105 Å². The van der Waals surface area contributed by atoms with Crippen molar-refractivity contribution in [3.8, 4) is 0 Å². The number of nitrogens with zero attached hydrogens (tertiary/aromatic N) is 5. The molecule has 2 aromatic rings. The second kappa shape index (κ2) is 50.4. The highest BCUT2D eigenvalue weighted by Gasteiger charge is 2.45. The lowest BCUT2D eigenvalue weighted by molar-refractivity contribution is -0.385. The topological polar surface area (TPSA) is 417 Å². The summed E-state index contributed by atoms with van der Waals surface area (Å²) in [5, 5.41) is 37.2. The number of thioether (sulfide) groups is 1. The van der Waals surface area contributed by atoms with Gasteiger partial charge in [-0.25, -0.2) is 20.4 Å². The van der Waals surface area contributed by atoms with Crippen LogP contribution in [0.3, 0.4) is 0 Å². The zero-order chi connectivity index (χ0) is 65.3. The highest BCUT2D eigenvalue weighted by atomic mass is 32.2. The van der Waals surface area contributed by atoms with E-state index in [0.29, 0.717) is 82.9 Å². The summed E-state index contributed by atoms with van der Waals surface area (Å²) >= 11 is 1.43. The number of carbonyl (C=O) groups excluding carboxylic acids is 6. The zero-order valence-corrected chi connectivity index (χ0v) is 53.3. The minimum atomic E-state index is -1.47. The van der Waals surface area contributed by atoms with Crippen LogP contribution in [0.5, 0.6) is 0 Å². The normalized spacial score (nSPS) is 16.1. The first-order valence-corrected chi connectivity index (χ1v) is 31.4. The molecule has 0 radical (unpaired) electrons. The van der Waals surface area contributed by atoms with E-state index in [-0.39, 0.29) is 180 Å². The van der Waals surface area contributed by atoms with Crippen molar-refractivity contribution in [2.45, 2.75) is 88.1 Å². The van der Waals surface area contributed by atoms with Crippen LogP contribution < -0.4 is 37.8 Å². The molecule has 35 heteroatoms. The summed E-state index contributed by atoms with van der Waals surface area (Å²) in [5.74, 6) is -1.46. The smallest absolute Gasteiger partial charge is 0.243 e. The Morgan fingerprint density at radius 3 is 1.57 bits per heavy atom. The van der Waals surface area contributed by atoms with E-state index in [4.69, 9.17) is 72.3 Å². The Kier molecular flexibility index (Phi) is 44.3. The van der Waals surface area contributed by atoms with Crippen LogP contribution in [-0.4, -0.2) is 293 Å². The maximum Gasteiger partial charge on any atom is 0.243 e. The number of aromatic nitrogens is 4. The molecule has 1 saturated heterocycles. The number of hydrogen-bond donors (Lipinski definition) is 9. The Hall–Kier alpha value is -5.16. The highest BCUT2D eigenvalue weighted by Crippen LogP contribution is 2.32. The van der Waals surface area contributed by atoms with Gasteiger partial charge >= 0.3 is 0 Å². The molecule has 0 spiro atoms. The fourth-order valence-corrected chi connectivity index (χ4v) is 8.62. The van der Waals surface area contributed by atoms with Crippen LogP contribution in [0.25, 0.3) is 11.2 Å². The zero-order valence-electron chi connectivity index (χ0n) is 52.5. The van der Waals surface area contributed by atoms with Gasteiger partial charge in [0.25, 0.3) is 0 Å². The third-order valence-corrected chi connectivity index (χ3v) is 13.3. The molecule has 90 heavy (non-hydrogen) atoms. The number of carbonyl (C=O) groups is 6. The van der Waals surface area contributed by atoms with E-state index in [1.54, 1.807) is 21.3 Å². The summed E-state index contributed by atoms with van der Waals surface area (Å²) < 4.78 is 67.9. The molecule has 0 aromatic carbocycles. The predicted molar refractivity (Wildman–Crippen MR) is 323 cm³/mol. The molecule has 34 nitrogen and oxygen atoms in total. The molecule has 10 N–H and O–H groups in total. The van der Waals surface area contributed by atoms with Crippen LogP contribution in [0.2, 0.25) is 0 Å². The molecule has 3 heterocycles. The maximum absolute atomic E-state index is 13.6. The van der Waals surface area contributed by atoms with E-state index in [2.05, 4.69) is 47.0 Å². The van der Waals surface area contributed by atoms with Gasteiger partial charge in [0.1, 0.15) is 23.5 Å². The van der Waals surface area contributed by atoms with Crippen molar-refractivity contribution in [1.82, 2.24) is 56.6 Å². The van der Waals surface area contributed by atoms with E-state index < -0.39 is 42.1 Å². The summed E-state index contributed by atoms with van der Waals surface area (Å²) in [4.78, 5) is 99.6. The summed E-state index contributed by atoms with van der Waals surface area (Å²) in [6.07, 6.45) is 1.19. The molecule has 0 saturated carbocycles. The van der Waals surface area contributed by atoms with Gasteiger partial charge in [-0.1, -0.05) is 0 Å². The molecule has 1 aliphatic heterocycles. The molecule has 4 atom stereocenters. The monoisotopic (exact) mass is 1310 g/mol. The number of nitrogen functional groups attached to an aromatic ring is 1. The lowest BCUT2D eigenvalue weighted by atomic mass is 10.0. The minimum Gasteiger partial charge on any atom is -0.385 e. The van der Waals surface area contributed by atoms with E-state index in [0.717, 1.165) is 11.5 Å². The predicted octanol–water partition coefficient (Wildman–Crippen LogP) is -2.51. The third kappa shape index (κ3) is 35.0. The SMILES string of the molecule is COCCCOCCNC(=O)CCOCC(COCCC(=O)NCCOCCOC)(COCCC(=O)NCCOCCOC)NC(=O)CCOCCOCCNC(=O)CCCC(=O)NOCCCON1C(O)[C@H](n2cnc3c(N)ncnc32)O[C@H](CSC)C1O. The summed E-state index contributed by atoms with van der Waals surface area (Å²) in [5.41, 5.74) is 7.58. The van der Waals surface area contributed by atoms with Gasteiger partial charge in [-0.15, -0.1) is 5.06 Å². The minimum absolute atomic E-state index is 0.00159. The first-order valence-electron chi connectivity index (χ1n) is 30.0. The number of aliphatic hydroxyl groups is 2. The van der Waals surface area contributed by atoms with Crippen molar-refractivity contribution >= 4 is 64.2 Å². The number of anilines is 1. The van der Waals surface area contributed by atoms with Crippen molar-refractivity contribution in [2.24, 2.45) is 0 Å². The molecular formula is C55H98N12O22S. The van der Waals surface area contributed by atoms with Crippen LogP contribution in [-0.2, 0) is 95.3 Å². The lowest BCUT2D eigenvalue weighted by Crippen LogP contribution is -2.59. The van der Waals surface area contributed by atoms with Gasteiger partial charge in [0.05, 0.1) is 132 Å². The molecular weight excluding hydrogens is 1210 g/mol. The number of amides is 6. The number of rotatable bonds is 57. The Labute approximate surface area is 529 Å². The maximum atomic E-state index is 13.6. The quantitative estimate of drug-likeness (QED) is 0.0244. The summed E-state index contributed by atoms with van der Waals surface area (Å²) in [7, 11) is 4.74. The number of morpholine rings is 1. The van der Waals surface area contributed by atoms with Crippen LogP contribution in [0, 0.1) is 0 Å². The first-order chi connectivity index (χ1) is 43.8. The van der Waals surface area contributed by atoms with E-state index >= 15 is 0 Å². The van der Waals surface area contributed by atoms with Crippen molar-refractivity contribution < 1.29 is 105 Å². The van der Waals surface area contributed by atoms with Crippen LogP contribution in [0.1, 0.15) is 64.0 Å². The molecule has 1 fully saturated rings. The Morgan fingerprint density at radius 1 is 0.544 bits per heavy atom. The largest absolute Gasteiger partial charge is 0.385 e. The Bertz CT molecular complexity index is 2230. The summed E-state index contributed by atoms with van der Waals surface area (Å²) in [6.45, 7) is 4.65. The molecule has 1 aliphatic rings. The fraction of sp³-hybridized carbons (Fsp3) is 0.800. The molecule has 0 bridgehead atoms. The number of hydrogen-bond acceptors (Lipinski definition) is 28. The summed E-state index contributed by atoms with van der Waals surface area (Å²) in [6, 6.07) is 0. The van der Waals surface area contributed by atoms with Crippen LogP contribution in [0.15, 0.2) is 12.7 Å². The Balaban J connectivity index is 1.38. The van der Waals surface area contributed by atoms with Gasteiger partial charge in [-0.3, -0.25) is 43.0 Å². The van der Waals surface area contributed by atoms with Gasteiger partial charge in [0.15, 0.2) is 30.1 Å². The second-order valence-corrected chi connectivity index (χ2v) is 20.9. The molecule has 2 unspecified atom stereocenters. The highest BCUT2D eigenvalue weighted by molar-refractivity contribution is 7.98. The van der Waals surface area contributed by atoms with E-state index in [9.17, 15) is 39.0 Å². The number of methoxy groups -OCH3 is 3. The number of imidazole rings is 1. The van der Waals surface area contributed by atoms with Crippen molar-refractivity contribution in [3.63, 3.8) is 0 Å². The van der Waals surface area contributed by atoms with Crippen LogP contribution in [0.4, 0.5) is 5.82 Å². The molecule has 2 aromatic heterocycles. The fourth-order valence-electron chi connectivity index (χ4n) is 8.04. The molecule has 0 aliphatic carbocycles. The van der Waals surface area contributed by atoms with E-state index in [1.807, 2.05) is 6.26 Å². The van der Waals surface area contributed by atoms with Crippen LogP contribution >= 0.6 is 11.8 Å². The molecule has 516 valence electrons. The number of ether oxygens (including phenoxy) is 12. The first kappa shape index (κ1) is 79.1. The average Bonchev–Trinajstić information content (AvgIpc) is 1.79. The van der Waals surface area contributed by atoms with E-state index in [1.165, 1.54) is 29.0 Å². The number of aliphatic hydroxyl groups excluding tert-OH is 2. The van der Waals surface area contributed by atoms with Crippen molar-refractivity contribution in [1.29, 1.82) is 0 Å². The van der Waals surface area contributed by atoms with Gasteiger partial charge in [-0.05, 0) is 25.5 Å². The number of fused-ring (bicyclic) bond motifs is 1. The second-order valence-electron chi connectivity index (χ2n) is 20.0. The van der Waals surface area contributed by atoms with Gasteiger partial charge < -0.3 is 99.4 Å². The third-order valence-electron chi connectivity index (χ3n) is 12.6. The van der Waals surface area contributed by atoms with Gasteiger partial charge in [-0.2, -0.15) is 11.8 Å². The lowest BCUT2D eigenvalue weighted by Gasteiger charge is -2.44. The average molecular weight is 1310 g/mol. The number of nitrogens with two attached hydrogens (primary N) is 1.